The van der Waals surface area contributed by atoms with E-state index < -0.39 is 0 Å². The number of thiocarbonyl (C=S) groups is 2. The molecule has 8 aromatic rings. The van der Waals surface area contributed by atoms with Crippen LogP contribution in [0.3, 0.4) is 0 Å². The second kappa shape index (κ2) is 48.6. The first-order valence-corrected chi connectivity index (χ1v) is 52.7. The van der Waals surface area contributed by atoms with Crippen molar-refractivity contribution >= 4 is 187 Å². The lowest BCUT2D eigenvalue weighted by atomic mass is 9.94. The number of amides is 2. The fourth-order valence-electron chi connectivity index (χ4n) is 15.6. The Balaban J connectivity index is 1.02. The van der Waals surface area contributed by atoms with Gasteiger partial charge in [0.1, 0.15) is 8.64 Å². The smallest absolute Gasteiger partial charge is 0.266 e. The van der Waals surface area contributed by atoms with E-state index in [0.717, 1.165) is 127 Å². The van der Waals surface area contributed by atoms with E-state index in [1.807, 2.05) is 89.2 Å². The van der Waals surface area contributed by atoms with Gasteiger partial charge in [-0.05, 0) is 166 Å². The molecule has 0 spiro atoms. The van der Waals surface area contributed by atoms with Crippen LogP contribution in [0.15, 0.2) is 64.4 Å². The zero-order valence-corrected chi connectivity index (χ0v) is 78.3. The minimum Gasteiger partial charge on any atom is -0.293 e. The summed E-state index contributed by atoms with van der Waals surface area (Å²) in [5.41, 5.74) is 5.68. The standard InChI is InChI=1S/C94H128N2O3S12/c1-9-17-24-30-36-42-49-67-59-71(63-81-91(98)95(93(100)109-81)57-46-40-34-28-21-13-5)102-84(67)74-53-55-76(104-74)86-69(51-44-38-32-26-19-11-3)61-79(107-86)88-73-65-78(83(97)66(16-8)48-23-15-7)106-89(73)90(111-88)80-62-70(52-45-39-33-27-20-12-4)87(108-80)77-56-54-75(105-77)85-68(50-43-37-31-25-18-10-2)60-72(103-85)64-82-92(99)96(94(101)110-82)58-47-41-35-29-22-14-6/h53-56,59-66H,9-52,57-58H2,1-8H3/b81-63-,82-64+. The SMILES string of the molecule is CCCCCCCCc1cc(/C=C2\SC(=S)N(CCCCCCCC)C2=O)sc1-c1ccc(-c2sc(-c3sc(-c4cc(CCCCCCCC)c(-c5ccc(-c6sc(/C=C7/SC(=S)N(CCCCCCCC)C7=O)cc6CCCCCCCC)s5)s4)c4sc(C(=O)C(CC)CCCC)cc34)cc2CCCCCCCC)s1. The number of fused-ring (bicyclic) bond motifs is 1. The van der Waals surface area contributed by atoms with Crippen molar-refractivity contribution in [3.63, 3.8) is 0 Å². The van der Waals surface area contributed by atoms with Crippen LogP contribution >= 0.6 is 139 Å². The molecule has 5 nitrogen and oxygen atoms in total. The molecular formula is C94H128N2O3S12. The zero-order chi connectivity index (χ0) is 78.3. The molecular weight excluding hydrogens is 1590 g/mol. The molecule has 2 fully saturated rings. The number of nitrogens with zero attached hydrogens (tertiary/aromatic N) is 2. The highest BCUT2D eigenvalue weighted by Gasteiger charge is 2.34. The third-order valence-corrected chi connectivity index (χ3v) is 35.3. The summed E-state index contributed by atoms with van der Waals surface area (Å²) in [6.07, 6.45) is 56.5. The van der Waals surface area contributed by atoms with Crippen molar-refractivity contribution in [3.8, 4) is 58.5 Å². The molecule has 0 aromatic carbocycles. The predicted octanol–water partition coefficient (Wildman–Crippen LogP) is 34.5. The zero-order valence-electron chi connectivity index (χ0n) is 68.5. The van der Waals surface area contributed by atoms with Crippen molar-refractivity contribution in [2.45, 2.75) is 338 Å². The lowest BCUT2D eigenvalue weighted by molar-refractivity contribution is -0.123. The molecule has 8 aromatic heterocycles. The highest BCUT2D eigenvalue weighted by atomic mass is 32.2. The monoisotopic (exact) mass is 1720 g/mol. The third-order valence-electron chi connectivity index (χ3n) is 22.2. The number of hydrogen-bond donors (Lipinski definition) is 0. The van der Waals surface area contributed by atoms with Gasteiger partial charge in [-0.3, -0.25) is 24.2 Å². The van der Waals surface area contributed by atoms with Crippen LogP contribution < -0.4 is 0 Å². The number of carbonyl (C=O) groups excluding carboxylic acids is 3. The molecule has 111 heavy (non-hydrogen) atoms. The highest BCUT2D eigenvalue weighted by Crippen LogP contribution is 2.56. The lowest BCUT2D eigenvalue weighted by Gasteiger charge is -2.13. The van der Waals surface area contributed by atoms with E-state index >= 15 is 4.79 Å². The van der Waals surface area contributed by atoms with Gasteiger partial charge in [0.05, 0.1) is 29.1 Å². The van der Waals surface area contributed by atoms with E-state index in [1.54, 1.807) is 11.3 Å². The van der Waals surface area contributed by atoms with Crippen molar-refractivity contribution in [1.29, 1.82) is 0 Å². The summed E-state index contributed by atoms with van der Waals surface area (Å²) >= 11 is 30.0. The number of unbranched alkanes of at least 4 members (excludes halogenated alkanes) is 31. The number of hydrogen-bond acceptors (Lipinski definition) is 15. The molecule has 604 valence electrons. The maximum atomic E-state index is 15.0. The first kappa shape index (κ1) is 90.2. The summed E-state index contributed by atoms with van der Waals surface area (Å²) in [6, 6.07) is 21.9. The van der Waals surface area contributed by atoms with Crippen LogP contribution in [0.25, 0.3) is 80.8 Å². The first-order chi connectivity index (χ1) is 54.3. The molecule has 0 bridgehead atoms. The van der Waals surface area contributed by atoms with Crippen molar-refractivity contribution in [3.05, 3.63) is 101 Å². The molecule has 0 N–H and O–H groups in total. The molecule has 1 atom stereocenters. The minimum atomic E-state index is 0.0170. The van der Waals surface area contributed by atoms with Crippen LogP contribution in [-0.4, -0.2) is 49.1 Å². The fourth-order valence-corrected chi connectivity index (χ4v) is 28.5. The van der Waals surface area contributed by atoms with Crippen molar-refractivity contribution in [2.75, 3.05) is 13.1 Å². The van der Waals surface area contributed by atoms with E-state index in [1.165, 1.54) is 294 Å². The third kappa shape index (κ3) is 25.9. The molecule has 10 rings (SSSR count). The summed E-state index contributed by atoms with van der Waals surface area (Å²) in [5.74, 6) is 0.464. The van der Waals surface area contributed by atoms with Crippen LogP contribution in [0, 0.1) is 5.92 Å². The van der Waals surface area contributed by atoms with Crippen molar-refractivity contribution in [1.82, 2.24) is 9.80 Å². The average Bonchev–Trinajstić information content (AvgIpc) is 1.58. The summed E-state index contributed by atoms with van der Waals surface area (Å²) in [5, 5.41) is 1.24. The molecule has 0 radical (unpaired) electrons. The van der Waals surface area contributed by atoms with E-state index in [2.05, 4.69) is 122 Å². The lowest BCUT2D eigenvalue weighted by Crippen LogP contribution is -2.28. The number of ketones is 1. The van der Waals surface area contributed by atoms with Gasteiger partial charge in [0.2, 0.25) is 0 Å². The number of thiophene rings is 8. The molecule has 2 aliphatic rings. The molecule has 2 aliphatic heterocycles. The second-order valence-corrected chi connectivity index (χ2v) is 43.1. The molecule has 2 saturated heterocycles. The Morgan fingerprint density at radius 3 is 1.05 bits per heavy atom. The summed E-state index contributed by atoms with van der Waals surface area (Å²) in [7, 11) is 0. The molecule has 2 amide bonds. The Kier molecular flexibility index (Phi) is 39.5. The van der Waals surface area contributed by atoms with Gasteiger partial charge in [-0.15, -0.1) is 90.7 Å². The summed E-state index contributed by atoms with van der Waals surface area (Å²) in [4.78, 5) is 67.6. The Morgan fingerprint density at radius 2 is 0.685 bits per heavy atom. The number of rotatable bonds is 56. The van der Waals surface area contributed by atoms with Gasteiger partial charge in [0, 0.05) is 82.9 Å². The van der Waals surface area contributed by atoms with Gasteiger partial charge in [-0.1, -0.05) is 309 Å². The van der Waals surface area contributed by atoms with Crippen LogP contribution in [0.2, 0.25) is 0 Å². The average molecular weight is 1720 g/mol. The Labute approximate surface area is 721 Å². The topological polar surface area (TPSA) is 57.7 Å². The molecule has 0 saturated carbocycles. The molecule has 0 aliphatic carbocycles. The maximum absolute atomic E-state index is 15.0. The number of aryl methyl sites for hydroxylation is 4. The van der Waals surface area contributed by atoms with E-state index in [4.69, 9.17) is 24.4 Å². The Morgan fingerprint density at radius 1 is 0.351 bits per heavy atom. The second-order valence-electron chi connectivity index (χ2n) is 31.3. The van der Waals surface area contributed by atoms with Gasteiger partial charge in [0.25, 0.3) is 11.8 Å². The molecule has 10 heterocycles. The molecule has 17 heteroatoms. The van der Waals surface area contributed by atoms with Gasteiger partial charge >= 0.3 is 0 Å². The van der Waals surface area contributed by atoms with E-state index in [9.17, 15) is 9.59 Å². The van der Waals surface area contributed by atoms with Crippen molar-refractivity contribution < 1.29 is 14.4 Å². The van der Waals surface area contributed by atoms with Crippen LogP contribution in [0.1, 0.15) is 354 Å². The van der Waals surface area contributed by atoms with Crippen molar-refractivity contribution in [2.24, 2.45) is 5.92 Å². The van der Waals surface area contributed by atoms with Crippen LogP contribution in [0.4, 0.5) is 0 Å². The number of Topliss-reactive ketones (excluding diaryl/α,β-unsaturated/α-hetero) is 1. The van der Waals surface area contributed by atoms with Crippen LogP contribution in [0.5, 0.6) is 0 Å². The summed E-state index contributed by atoms with van der Waals surface area (Å²) in [6.45, 7) is 19.6. The highest BCUT2D eigenvalue weighted by molar-refractivity contribution is 8.27. The number of thioether (sulfide) groups is 2. The van der Waals surface area contributed by atoms with Crippen LogP contribution in [-0.2, 0) is 35.3 Å². The Bertz CT molecular complexity index is 4030. The maximum Gasteiger partial charge on any atom is 0.266 e. The quantitative estimate of drug-likeness (QED) is 0.0163. The normalized spacial score (nSPS) is 14.5. The summed E-state index contributed by atoms with van der Waals surface area (Å²) < 4.78 is 2.65. The largest absolute Gasteiger partial charge is 0.293 e. The van der Waals surface area contributed by atoms with Gasteiger partial charge in [0.15, 0.2) is 5.78 Å². The van der Waals surface area contributed by atoms with E-state index in [-0.39, 0.29) is 17.7 Å². The first-order valence-electron chi connectivity index (χ1n) is 43.7. The Hall–Kier alpha value is -3.17. The van der Waals surface area contributed by atoms with Gasteiger partial charge in [-0.25, -0.2) is 0 Å². The molecule has 1 unspecified atom stereocenters. The van der Waals surface area contributed by atoms with Gasteiger partial charge in [-0.2, -0.15) is 0 Å². The predicted molar refractivity (Wildman–Crippen MR) is 512 cm³/mol. The van der Waals surface area contributed by atoms with E-state index in [0.29, 0.717) is 27.5 Å². The van der Waals surface area contributed by atoms with Gasteiger partial charge < -0.3 is 0 Å². The number of carbonyl (C=O) groups is 3. The minimum absolute atomic E-state index is 0.0170. The fraction of sp³-hybridized carbons (Fsp3) is 0.585.